The molecule has 120 valence electrons. The number of hydrogen-bond acceptors (Lipinski definition) is 2. The van der Waals surface area contributed by atoms with Gasteiger partial charge in [-0.05, 0) is 44.5 Å². The first-order valence-corrected chi connectivity index (χ1v) is 8.27. The minimum Gasteiger partial charge on any atom is -0.309 e. The maximum atomic E-state index is 13.1. The molecular formula is C18H31FN2. The molecule has 0 bridgehead atoms. The highest BCUT2D eigenvalue weighted by Gasteiger charge is 2.12. The van der Waals surface area contributed by atoms with E-state index in [2.05, 4.69) is 38.0 Å². The van der Waals surface area contributed by atoms with Crippen LogP contribution < -0.4 is 5.32 Å². The number of nitrogens with one attached hydrogen (secondary N) is 1. The van der Waals surface area contributed by atoms with Crippen LogP contribution in [0.25, 0.3) is 0 Å². The monoisotopic (exact) mass is 294 g/mol. The maximum absolute atomic E-state index is 13.1. The van der Waals surface area contributed by atoms with Gasteiger partial charge in [-0.3, -0.25) is 0 Å². The molecule has 21 heavy (non-hydrogen) atoms. The van der Waals surface area contributed by atoms with E-state index in [1.807, 2.05) is 12.1 Å². The van der Waals surface area contributed by atoms with E-state index in [1.165, 1.54) is 24.8 Å². The lowest BCUT2D eigenvalue weighted by atomic mass is 10.0. The highest BCUT2D eigenvalue weighted by molar-refractivity contribution is 5.19. The van der Waals surface area contributed by atoms with Gasteiger partial charge in [0.2, 0.25) is 0 Å². The van der Waals surface area contributed by atoms with Crippen molar-refractivity contribution in [3.63, 3.8) is 0 Å². The Kier molecular flexibility index (Phi) is 8.55. The third-order valence-corrected chi connectivity index (χ3v) is 4.32. The zero-order chi connectivity index (χ0) is 15.7. The van der Waals surface area contributed by atoms with Crippen LogP contribution in [0.4, 0.5) is 4.39 Å². The number of unbranched alkanes of at least 4 members (excludes halogenated alkanes) is 1. The van der Waals surface area contributed by atoms with E-state index in [4.69, 9.17) is 0 Å². The molecule has 0 aromatic heterocycles. The van der Waals surface area contributed by atoms with Crippen LogP contribution in [-0.2, 0) is 0 Å². The predicted octanol–water partition coefficient (Wildman–Crippen LogP) is 4.38. The molecule has 2 nitrogen and oxygen atoms in total. The molecular weight excluding hydrogens is 263 g/mol. The standard InChI is InChI=1S/C18H31FN2/c1-5-7-8-18(16-9-11-17(19)12-10-16)20-13-14-21(4)15(3)6-2/h9-12,15,18,20H,5-8,13-14H2,1-4H3. The summed E-state index contributed by atoms with van der Waals surface area (Å²) in [4.78, 5) is 2.38. The number of halogens is 1. The van der Waals surface area contributed by atoms with E-state index >= 15 is 0 Å². The molecule has 1 aromatic rings. The van der Waals surface area contributed by atoms with Crippen molar-refractivity contribution in [3.05, 3.63) is 35.6 Å². The summed E-state index contributed by atoms with van der Waals surface area (Å²) < 4.78 is 13.1. The highest BCUT2D eigenvalue weighted by atomic mass is 19.1. The molecule has 3 heteroatoms. The predicted molar refractivity (Wildman–Crippen MR) is 89.1 cm³/mol. The van der Waals surface area contributed by atoms with Gasteiger partial charge < -0.3 is 10.2 Å². The Bertz CT molecular complexity index is 377. The van der Waals surface area contributed by atoms with E-state index in [0.29, 0.717) is 12.1 Å². The largest absolute Gasteiger partial charge is 0.309 e. The normalized spacial score (nSPS) is 14.4. The fraction of sp³-hybridized carbons (Fsp3) is 0.667. The van der Waals surface area contributed by atoms with Crippen molar-refractivity contribution in [2.45, 2.75) is 58.5 Å². The van der Waals surface area contributed by atoms with Gasteiger partial charge in [-0.2, -0.15) is 0 Å². The second kappa shape index (κ2) is 9.91. The molecule has 0 saturated heterocycles. The van der Waals surface area contributed by atoms with E-state index in [9.17, 15) is 4.39 Å². The second-order valence-corrected chi connectivity index (χ2v) is 5.94. The number of nitrogens with zero attached hydrogens (tertiary/aromatic N) is 1. The Balaban J connectivity index is 2.52. The Morgan fingerprint density at radius 2 is 1.86 bits per heavy atom. The van der Waals surface area contributed by atoms with Gasteiger partial charge >= 0.3 is 0 Å². The first kappa shape index (κ1) is 18.1. The summed E-state index contributed by atoms with van der Waals surface area (Å²) in [6.45, 7) is 8.69. The van der Waals surface area contributed by atoms with Gasteiger partial charge in [0.15, 0.2) is 0 Å². The fourth-order valence-corrected chi connectivity index (χ4v) is 2.44. The summed E-state index contributed by atoms with van der Waals surface area (Å²) in [6, 6.07) is 7.87. The second-order valence-electron chi connectivity index (χ2n) is 5.94. The zero-order valence-electron chi connectivity index (χ0n) is 14.0. The third-order valence-electron chi connectivity index (χ3n) is 4.32. The quantitative estimate of drug-likeness (QED) is 0.689. The fourth-order valence-electron chi connectivity index (χ4n) is 2.44. The minimum atomic E-state index is -0.163. The Labute approximate surface area is 129 Å². The van der Waals surface area contributed by atoms with Gasteiger partial charge in [0.1, 0.15) is 5.82 Å². The van der Waals surface area contributed by atoms with Crippen LogP contribution in [0.1, 0.15) is 58.1 Å². The van der Waals surface area contributed by atoms with Crippen molar-refractivity contribution in [2.75, 3.05) is 20.1 Å². The summed E-state index contributed by atoms with van der Waals surface area (Å²) in [5.41, 5.74) is 1.19. The Morgan fingerprint density at radius 1 is 1.19 bits per heavy atom. The van der Waals surface area contributed by atoms with Crippen molar-refractivity contribution in [1.29, 1.82) is 0 Å². The molecule has 0 aliphatic heterocycles. The SMILES string of the molecule is CCCCC(NCCN(C)C(C)CC)c1ccc(F)cc1. The summed E-state index contributed by atoms with van der Waals surface area (Å²) in [7, 11) is 2.18. The molecule has 1 rings (SSSR count). The average molecular weight is 294 g/mol. The number of rotatable bonds is 10. The smallest absolute Gasteiger partial charge is 0.123 e. The number of hydrogen-bond donors (Lipinski definition) is 1. The van der Waals surface area contributed by atoms with Crippen LogP contribution >= 0.6 is 0 Å². The minimum absolute atomic E-state index is 0.163. The van der Waals surface area contributed by atoms with Gasteiger partial charge in [0.25, 0.3) is 0 Å². The summed E-state index contributed by atoms with van der Waals surface area (Å²) in [6.07, 6.45) is 4.66. The Hall–Kier alpha value is -0.930. The van der Waals surface area contributed by atoms with Gasteiger partial charge in [0, 0.05) is 25.2 Å². The molecule has 1 aromatic carbocycles. The van der Waals surface area contributed by atoms with Crippen molar-refractivity contribution >= 4 is 0 Å². The van der Waals surface area contributed by atoms with Crippen molar-refractivity contribution < 1.29 is 4.39 Å². The van der Waals surface area contributed by atoms with Gasteiger partial charge in [0.05, 0.1) is 0 Å². The van der Waals surface area contributed by atoms with Crippen LogP contribution in [0.3, 0.4) is 0 Å². The first-order chi connectivity index (χ1) is 10.1. The molecule has 0 radical (unpaired) electrons. The van der Waals surface area contributed by atoms with Gasteiger partial charge in [-0.1, -0.05) is 38.8 Å². The third kappa shape index (κ3) is 6.58. The maximum Gasteiger partial charge on any atom is 0.123 e. The molecule has 0 spiro atoms. The topological polar surface area (TPSA) is 15.3 Å². The molecule has 1 N–H and O–H groups in total. The summed E-state index contributed by atoms with van der Waals surface area (Å²) in [5.74, 6) is -0.163. The van der Waals surface area contributed by atoms with E-state index in [1.54, 1.807) is 12.1 Å². The lowest BCUT2D eigenvalue weighted by Gasteiger charge is -2.25. The molecule has 0 amide bonds. The average Bonchev–Trinajstić information content (AvgIpc) is 2.50. The highest BCUT2D eigenvalue weighted by Crippen LogP contribution is 2.19. The van der Waals surface area contributed by atoms with Crippen molar-refractivity contribution in [2.24, 2.45) is 0 Å². The number of likely N-dealkylation sites (N-methyl/N-ethyl adjacent to an activating group) is 1. The Morgan fingerprint density at radius 3 is 2.43 bits per heavy atom. The van der Waals surface area contributed by atoms with E-state index in [-0.39, 0.29) is 5.82 Å². The van der Waals surface area contributed by atoms with Gasteiger partial charge in [-0.25, -0.2) is 4.39 Å². The summed E-state index contributed by atoms with van der Waals surface area (Å²) in [5, 5.41) is 3.64. The van der Waals surface area contributed by atoms with Crippen LogP contribution in [0.5, 0.6) is 0 Å². The lowest BCUT2D eigenvalue weighted by molar-refractivity contribution is 0.247. The molecule has 0 aliphatic carbocycles. The first-order valence-electron chi connectivity index (χ1n) is 8.27. The molecule has 0 aliphatic rings. The summed E-state index contributed by atoms with van der Waals surface area (Å²) >= 11 is 0. The van der Waals surface area contributed by atoms with E-state index < -0.39 is 0 Å². The van der Waals surface area contributed by atoms with Crippen molar-refractivity contribution in [1.82, 2.24) is 10.2 Å². The van der Waals surface area contributed by atoms with Crippen LogP contribution in [-0.4, -0.2) is 31.1 Å². The zero-order valence-corrected chi connectivity index (χ0v) is 14.0. The van der Waals surface area contributed by atoms with E-state index in [0.717, 1.165) is 19.5 Å². The van der Waals surface area contributed by atoms with Crippen molar-refractivity contribution in [3.8, 4) is 0 Å². The van der Waals surface area contributed by atoms with Crippen LogP contribution in [0.15, 0.2) is 24.3 Å². The number of benzene rings is 1. The molecule has 2 unspecified atom stereocenters. The molecule has 0 heterocycles. The van der Waals surface area contributed by atoms with Gasteiger partial charge in [-0.15, -0.1) is 0 Å². The van der Waals surface area contributed by atoms with Crippen LogP contribution in [0, 0.1) is 5.82 Å². The van der Waals surface area contributed by atoms with Crippen LogP contribution in [0.2, 0.25) is 0 Å². The molecule has 0 fully saturated rings. The molecule has 0 saturated carbocycles. The lowest BCUT2D eigenvalue weighted by Crippen LogP contribution is -2.36. The molecule has 2 atom stereocenters.